The fourth-order valence-corrected chi connectivity index (χ4v) is 2.22. The second kappa shape index (κ2) is 12.8. The number of anilines is 1. The van der Waals surface area contributed by atoms with Gasteiger partial charge in [0.1, 0.15) is 6.61 Å². The molecule has 0 saturated carbocycles. The highest BCUT2D eigenvalue weighted by Gasteiger charge is 2.11. The first-order valence-corrected chi connectivity index (χ1v) is 9.42. The van der Waals surface area contributed by atoms with Crippen molar-refractivity contribution in [2.45, 2.75) is 39.2 Å². The average Bonchev–Trinajstić information content (AvgIpc) is 2.66. The van der Waals surface area contributed by atoms with Crippen LogP contribution in [0.25, 0.3) is 0 Å². The van der Waals surface area contributed by atoms with Gasteiger partial charge in [-0.25, -0.2) is 0 Å². The second-order valence-electron chi connectivity index (χ2n) is 6.08. The van der Waals surface area contributed by atoms with E-state index in [1.807, 2.05) is 13.8 Å². The molecule has 0 fully saturated rings. The van der Waals surface area contributed by atoms with Crippen molar-refractivity contribution in [2.75, 3.05) is 25.6 Å². The van der Waals surface area contributed by atoms with Gasteiger partial charge in [0.2, 0.25) is 5.91 Å². The minimum atomic E-state index is -0.475. The second-order valence-corrected chi connectivity index (χ2v) is 6.48. The van der Waals surface area contributed by atoms with Crippen molar-refractivity contribution in [2.24, 2.45) is 0 Å². The molecule has 1 aromatic rings. The number of carbonyl (C=O) groups excluding carboxylic acids is 3. The summed E-state index contributed by atoms with van der Waals surface area (Å²) >= 11 is 5.08. The summed E-state index contributed by atoms with van der Waals surface area (Å²) in [6.07, 6.45) is 0.769. The number of hydrogen-bond acceptors (Lipinski definition) is 6. The van der Waals surface area contributed by atoms with Crippen LogP contribution in [0.4, 0.5) is 5.69 Å². The van der Waals surface area contributed by atoms with Gasteiger partial charge in [0.15, 0.2) is 5.11 Å². The monoisotopic (exact) mass is 409 g/mol. The maximum atomic E-state index is 12.0. The van der Waals surface area contributed by atoms with Gasteiger partial charge in [-0.1, -0.05) is 6.92 Å². The maximum absolute atomic E-state index is 12.0. The maximum Gasteiger partial charge on any atom is 0.306 e. The van der Waals surface area contributed by atoms with Crippen molar-refractivity contribution in [3.05, 3.63) is 29.8 Å². The lowest BCUT2D eigenvalue weighted by molar-refractivity contribution is -0.146. The molecule has 1 aromatic carbocycles. The lowest BCUT2D eigenvalue weighted by Gasteiger charge is -2.12. The van der Waals surface area contributed by atoms with Gasteiger partial charge in [-0.15, -0.1) is 0 Å². The number of methoxy groups -OCH3 is 1. The highest BCUT2D eigenvalue weighted by Crippen LogP contribution is 2.10. The Balaban J connectivity index is 2.39. The summed E-state index contributed by atoms with van der Waals surface area (Å²) in [7, 11) is 1.50. The molecule has 2 amide bonds. The predicted octanol–water partition coefficient (Wildman–Crippen LogP) is 2.00. The van der Waals surface area contributed by atoms with Gasteiger partial charge in [0.25, 0.3) is 5.91 Å². The minimum absolute atomic E-state index is 0.0393. The van der Waals surface area contributed by atoms with Crippen LogP contribution < -0.4 is 16.0 Å². The molecule has 1 atom stereocenters. The number of benzene rings is 1. The summed E-state index contributed by atoms with van der Waals surface area (Å²) in [6.45, 7) is 4.40. The fourth-order valence-electron chi connectivity index (χ4n) is 1.99. The number of nitrogens with one attached hydrogen (secondary N) is 3. The highest BCUT2D eigenvalue weighted by atomic mass is 32.1. The normalized spacial score (nSPS) is 11.2. The average molecular weight is 410 g/mol. The molecule has 0 radical (unpaired) electrons. The van der Waals surface area contributed by atoms with Crippen LogP contribution in [0.2, 0.25) is 0 Å². The van der Waals surface area contributed by atoms with Crippen LogP contribution in [-0.4, -0.2) is 49.3 Å². The lowest BCUT2D eigenvalue weighted by atomic mass is 10.1. The number of thiocarbonyl (C=S) groups is 1. The highest BCUT2D eigenvalue weighted by molar-refractivity contribution is 7.80. The van der Waals surface area contributed by atoms with E-state index in [2.05, 4.69) is 16.0 Å². The van der Waals surface area contributed by atoms with Crippen LogP contribution >= 0.6 is 12.2 Å². The first-order valence-electron chi connectivity index (χ1n) is 9.02. The number of esters is 1. The van der Waals surface area contributed by atoms with Gasteiger partial charge in [0.05, 0.1) is 13.0 Å². The van der Waals surface area contributed by atoms with Crippen LogP contribution in [-0.2, 0) is 19.1 Å². The van der Waals surface area contributed by atoms with Crippen LogP contribution in [0.3, 0.4) is 0 Å². The smallest absolute Gasteiger partial charge is 0.306 e. The van der Waals surface area contributed by atoms with Gasteiger partial charge in [-0.3, -0.25) is 14.4 Å². The van der Waals surface area contributed by atoms with Crippen molar-refractivity contribution < 1.29 is 23.9 Å². The van der Waals surface area contributed by atoms with Gasteiger partial charge in [-0.2, -0.15) is 0 Å². The molecule has 28 heavy (non-hydrogen) atoms. The quantitative estimate of drug-likeness (QED) is 0.308. The Hall–Kier alpha value is -2.52. The summed E-state index contributed by atoms with van der Waals surface area (Å²) in [4.78, 5) is 35.3. The third kappa shape index (κ3) is 9.43. The van der Waals surface area contributed by atoms with E-state index >= 15 is 0 Å². The van der Waals surface area contributed by atoms with E-state index in [0.717, 1.165) is 6.42 Å². The van der Waals surface area contributed by atoms with Crippen molar-refractivity contribution in [3.8, 4) is 0 Å². The summed E-state index contributed by atoms with van der Waals surface area (Å²) in [5.41, 5.74) is 1.16. The molecule has 0 aliphatic heterocycles. The van der Waals surface area contributed by atoms with Gasteiger partial charge in [-0.05, 0) is 49.8 Å². The Kier molecular flexibility index (Phi) is 10.7. The number of carbonyl (C=O) groups is 3. The predicted molar refractivity (Wildman–Crippen MR) is 110 cm³/mol. The largest absolute Gasteiger partial charge is 0.463 e. The molecule has 0 bridgehead atoms. The van der Waals surface area contributed by atoms with E-state index < -0.39 is 11.9 Å². The van der Waals surface area contributed by atoms with E-state index in [1.54, 1.807) is 24.3 Å². The molecule has 0 aliphatic rings. The summed E-state index contributed by atoms with van der Waals surface area (Å²) in [5, 5.41) is 8.34. The molecule has 8 nitrogen and oxygen atoms in total. The summed E-state index contributed by atoms with van der Waals surface area (Å²) in [6, 6.07) is 6.82. The van der Waals surface area contributed by atoms with E-state index in [4.69, 9.17) is 21.7 Å². The molecule has 9 heteroatoms. The molecular formula is C19H27N3O5S. The van der Waals surface area contributed by atoms with Gasteiger partial charge < -0.3 is 25.4 Å². The number of rotatable bonds is 10. The number of hydrogen-bond donors (Lipinski definition) is 3. The third-order valence-electron chi connectivity index (χ3n) is 3.75. The zero-order chi connectivity index (χ0) is 20.9. The Labute approximate surface area is 170 Å². The van der Waals surface area contributed by atoms with E-state index in [0.29, 0.717) is 17.9 Å². The van der Waals surface area contributed by atoms with Gasteiger partial charge >= 0.3 is 5.97 Å². The van der Waals surface area contributed by atoms with E-state index in [9.17, 15) is 14.4 Å². The molecule has 154 valence electrons. The Morgan fingerprint density at radius 2 is 1.79 bits per heavy atom. The molecule has 0 aromatic heterocycles. The zero-order valence-electron chi connectivity index (χ0n) is 16.4. The van der Waals surface area contributed by atoms with Crippen LogP contribution in [0.1, 0.15) is 43.5 Å². The zero-order valence-corrected chi connectivity index (χ0v) is 17.2. The summed E-state index contributed by atoms with van der Waals surface area (Å²) in [5.74, 6) is -1.02. The Bertz CT molecular complexity index is 679. The number of amides is 2. The molecule has 3 N–H and O–H groups in total. The van der Waals surface area contributed by atoms with Crippen LogP contribution in [0.5, 0.6) is 0 Å². The van der Waals surface area contributed by atoms with Crippen LogP contribution in [0, 0.1) is 0 Å². The molecule has 0 heterocycles. The fraction of sp³-hybridized carbons (Fsp3) is 0.474. The SMILES string of the molecule is CCC(C)NC(=O)c1ccc(NC(=S)NC(=O)CCC(=O)OCCOC)cc1. The summed E-state index contributed by atoms with van der Waals surface area (Å²) < 4.78 is 9.64. The molecule has 0 aliphatic carbocycles. The lowest BCUT2D eigenvalue weighted by Crippen LogP contribution is -2.34. The standard InChI is InChI=1S/C19H27N3O5S/c1-4-13(2)20-18(25)14-5-7-15(8-6-14)21-19(28)22-16(23)9-10-17(24)27-12-11-26-3/h5-8,13H,4,9-12H2,1-3H3,(H,20,25)(H2,21,22,23,28). The van der Waals surface area contributed by atoms with Crippen molar-refractivity contribution >= 4 is 40.8 Å². The van der Waals surface area contributed by atoms with E-state index in [-0.39, 0.29) is 36.5 Å². The first kappa shape index (κ1) is 23.5. The first-order chi connectivity index (χ1) is 13.3. The Morgan fingerprint density at radius 1 is 1.11 bits per heavy atom. The van der Waals surface area contributed by atoms with E-state index in [1.165, 1.54) is 7.11 Å². The van der Waals surface area contributed by atoms with Crippen molar-refractivity contribution in [3.63, 3.8) is 0 Å². The third-order valence-corrected chi connectivity index (χ3v) is 3.96. The minimum Gasteiger partial charge on any atom is -0.463 e. The molecular weight excluding hydrogens is 382 g/mol. The molecule has 0 saturated heterocycles. The molecule has 1 unspecified atom stereocenters. The van der Waals surface area contributed by atoms with Crippen LogP contribution in [0.15, 0.2) is 24.3 Å². The number of ether oxygens (including phenoxy) is 2. The topological polar surface area (TPSA) is 106 Å². The van der Waals surface area contributed by atoms with Gasteiger partial charge in [0, 0.05) is 30.8 Å². The molecule has 1 rings (SSSR count). The Morgan fingerprint density at radius 3 is 2.39 bits per heavy atom. The van der Waals surface area contributed by atoms with Crippen molar-refractivity contribution in [1.29, 1.82) is 0 Å². The van der Waals surface area contributed by atoms with Crippen molar-refractivity contribution in [1.82, 2.24) is 10.6 Å². The molecule has 0 spiro atoms.